The second-order valence-corrected chi connectivity index (χ2v) is 10.0. The van der Waals surface area contributed by atoms with Crippen LogP contribution in [0.15, 0.2) is 136 Å². The van der Waals surface area contributed by atoms with E-state index in [2.05, 4.69) is 99.1 Å². The Bertz CT molecular complexity index is 1560. The highest BCUT2D eigenvalue weighted by Gasteiger charge is 2.45. The van der Waals surface area contributed by atoms with E-state index in [0.717, 1.165) is 29.4 Å². The number of hydrogen-bond donors (Lipinski definition) is 0. The standard InChI is InChI=1S/C37H34O6.C2H4/c1-3-35(38)42-24-10-9-23-40-29-19-15-27(16-20-29)37(28-17-21-30(22-18-28)41-25-26-43-36(39)4-2)33-13-7-5-11-31(33)32-12-6-8-14-34(32)37;1-2/h3-8,11-22H,1-2,9-10,23-26H2;1-2H2. The Balaban J connectivity index is 0.00000226. The van der Waals surface area contributed by atoms with Crippen LogP contribution in [0, 0.1) is 0 Å². The van der Waals surface area contributed by atoms with Gasteiger partial charge < -0.3 is 18.9 Å². The lowest BCUT2D eigenvalue weighted by molar-refractivity contribution is -0.139. The van der Waals surface area contributed by atoms with E-state index < -0.39 is 17.4 Å². The van der Waals surface area contributed by atoms with E-state index in [4.69, 9.17) is 18.9 Å². The van der Waals surface area contributed by atoms with Crippen molar-refractivity contribution in [2.75, 3.05) is 26.4 Å². The van der Waals surface area contributed by atoms with Gasteiger partial charge in [-0.05, 0) is 70.5 Å². The number of carbonyl (C=O) groups is 2. The molecule has 0 atom stereocenters. The first-order valence-corrected chi connectivity index (χ1v) is 14.8. The maximum Gasteiger partial charge on any atom is 0.330 e. The third kappa shape index (κ3) is 7.24. The van der Waals surface area contributed by atoms with Crippen LogP contribution in [0.1, 0.15) is 35.1 Å². The fourth-order valence-corrected chi connectivity index (χ4v) is 5.61. The number of hydrogen-bond acceptors (Lipinski definition) is 6. The average Bonchev–Trinajstić information content (AvgIpc) is 3.40. The van der Waals surface area contributed by atoms with Crippen molar-refractivity contribution in [3.05, 3.63) is 158 Å². The number of esters is 2. The molecular weight excluding hydrogens is 564 g/mol. The monoisotopic (exact) mass is 602 g/mol. The molecule has 0 heterocycles. The molecule has 0 aliphatic heterocycles. The van der Waals surface area contributed by atoms with Crippen molar-refractivity contribution in [2.24, 2.45) is 0 Å². The molecule has 0 bridgehead atoms. The lowest BCUT2D eigenvalue weighted by atomic mass is 9.68. The Morgan fingerprint density at radius 2 is 0.978 bits per heavy atom. The van der Waals surface area contributed by atoms with E-state index in [1.807, 2.05) is 24.3 Å². The minimum atomic E-state index is -0.543. The summed E-state index contributed by atoms with van der Waals surface area (Å²) in [4.78, 5) is 22.5. The molecule has 4 aromatic rings. The molecular formula is C39H38O6. The predicted octanol–water partition coefficient (Wildman–Crippen LogP) is 7.85. The molecule has 230 valence electrons. The molecule has 0 unspecified atom stereocenters. The second kappa shape index (κ2) is 15.9. The molecule has 0 fully saturated rings. The van der Waals surface area contributed by atoms with Crippen molar-refractivity contribution in [3.63, 3.8) is 0 Å². The van der Waals surface area contributed by atoms with E-state index in [0.29, 0.717) is 25.4 Å². The quantitative estimate of drug-likeness (QED) is 0.0558. The van der Waals surface area contributed by atoms with Gasteiger partial charge in [0.1, 0.15) is 24.7 Å². The van der Waals surface area contributed by atoms with Crippen molar-refractivity contribution in [2.45, 2.75) is 18.3 Å². The van der Waals surface area contributed by atoms with Gasteiger partial charge in [0.15, 0.2) is 0 Å². The Labute approximate surface area is 265 Å². The third-order valence-corrected chi connectivity index (χ3v) is 7.51. The third-order valence-electron chi connectivity index (χ3n) is 7.51. The molecule has 0 saturated heterocycles. The Kier molecular flexibility index (Phi) is 11.5. The van der Waals surface area contributed by atoms with Gasteiger partial charge in [-0.15, -0.1) is 13.2 Å². The van der Waals surface area contributed by atoms with Crippen LogP contribution >= 0.6 is 0 Å². The van der Waals surface area contributed by atoms with Gasteiger partial charge in [-0.1, -0.05) is 86.0 Å². The van der Waals surface area contributed by atoms with Crippen LogP contribution in [0.3, 0.4) is 0 Å². The fourth-order valence-electron chi connectivity index (χ4n) is 5.61. The van der Waals surface area contributed by atoms with Crippen LogP contribution in [-0.4, -0.2) is 38.4 Å². The second-order valence-electron chi connectivity index (χ2n) is 10.0. The molecule has 1 aliphatic carbocycles. The zero-order chi connectivity index (χ0) is 32.1. The lowest BCUT2D eigenvalue weighted by Crippen LogP contribution is -2.28. The lowest BCUT2D eigenvalue weighted by Gasteiger charge is -2.34. The number of ether oxygens (including phenoxy) is 4. The van der Waals surface area contributed by atoms with Gasteiger partial charge >= 0.3 is 11.9 Å². The number of unbranched alkanes of at least 4 members (excludes halogenated alkanes) is 1. The maximum atomic E-state index is 11.3. The highest BCUT2D eigenvalue weighted by Crippen LogP contribution is 2.56. The predicted molar refractivity (Wildman–Crippen MR) is 178 cm³/mol. The van der Waals surface area contributed by atoms with Crippen LogP contribution in [0.25, 0.3) is 11.1 Å². The molecule has 0 saturated carbocycles. The summed E-state index contributed by atoms with van der Waals surface area (Å²) >= 11 is 0. The summed E-state index contributed by atoms with van der Waals surface area (Å²) in [5, 5.41) is 0. The van der Waals surface area contributed by atoms with Gasteiger partial charge in [-0.3, -0.25) is 0 Å². The summed E-state index contributed by atoms with van der Waals surface area (Å²) in [5.41, 5.74) is 6.53. The highest BCUT2D eigenvalue weighted by atomic mass is 16.6. The first kappa shape index (κ1) is 32.6. The van der Waals surface area contributed by atoms with Crippen molar-refractivity contribution < 1.29 is 28.5 Å². The molecule has 0 radical (unpaired) electrons. The van der Waals surface area contributed by atoms with Crippen LogP contribution in [0.4, 0.5) is 0 Å². The zero-order valence-electron chi connectivity index (χ0n) is 25.4. The van der Waals surface area contributed by atoms with Gasteiger partial charge in [0.2, 0.25) is 0 Å². The van der Waals surface area contributed by atoms with Crippen molar-refractivity contribution in [1.29, 1.82) is 0 Å². The summed E-state index contributed by atoms with van der Waals surface area (Å²) < 4.78 is 21.9. The maximum absolute atomic E-state index is 11.3. The van der Waals surface area contributed by atoms with Crippen molar-refractivity contribution in [3.8, 4) is 22.6 Å². The van der Waals surface area contributed by atoms with Gasteiger partial charge in [0.05, 0.1) is 18.6 Å². The van der Waals surface area contributed by atoms with Crippen LogP contribution in [0.2, 0.25) is 0 Å². The summed E-state index contributed by atoms with van der Waals surface area (Å²) in [6.07, 6.45) is 3.78. The van der Waals surface area contributed by atoms with Gasteiger partial charge in [-0.2, -0.15) is 0 Å². The van der Waals surface area contributed by atoms with Crippen LogP contribution in [0.5, 0.6) is 11.5 Å². The van der Waals surface area contributed by atoms with Crippen molar-refractivity contribution in [1.82, 2.24) is 0 Å². The molecule has 4 aromatic carbocycles. The number of fused-ring (bicyclic) bond motifs is 3. The minimum Gasteiger partial charge on any atom is -0.494 e. The summed E-state index contributed by atoms with van der Waals surface area (Å²) in [5.74, 6) is 0.593. The van der Waals surface area contributed by atoms with Crippen LogP contribution < -0.4 is 9.47 Å². The molecule has 45 heavy (non-hydrogen) atoms. The van der Waals surface area contributed by atoms with Gasteiger partial charge in [0.25, 0.3) is 0 Å². The van der Waals surface area contributed by atoms with E-state index >= 15 is 0 Å². The SMILES string of the molecule is C=C.C=CC(=O)OCCCCOc1ccc(C2(c3ccc(OCCOC(=O)C=C)cc3)c3ccccc3-c3ccccc32)cc1. The van der Waals surface area contributed by atoms with Crippen LogP contribution in [-0.2, 0) is 24.5 Å². The molecule has 0 amide bonds. The normalized spacial score (nSPS) is 11.9. The van der Waals surface area contributed by atoms with E-state index in [-0.39, 0.29) is 13.2 Å². The molecule has 1 aliphatic rings. The topological polar surface area (TPSA) is 71.1 Å². The Hall–Kier alpha value is -5.36. The first-order chi connectivity index (χ1) is 22.1. The molecule has 6 heteroatoms. The van der Waals surface area contributed by atoms with Crippen molar-refractivity contribution >= 4 is 11.9 Å². The smallest absolute Gasteiger partial charge is 0.330 e. The Morgan fingerprint density at radius 1 is 0.556 bits per heavy atom. The number of benzene rings is 4. The van der Waals surface area contributed by atoms with Gasteiger partial charge in [-0.25, -0.2) is 9.59 Å². The van der Waals surface area contributed by atoms with E-state index in [9.17, 15) is 9.59 Å². The first-order valence-electron chi connectivity index (χ1n) is 14.8. The highest BCUT2D eigenvalue weighted by molar-refractivity contribution is 5.86. The molecule has 0 aromatic heterocycles. The van der Waals surface area contributed by atoms with E-state index in [1.54, 1.807) is 0 Å². The van der Waals surface area contributed by atoms with E-state index in [1.165, 1.54) is 28.3 Å². The summed E-state index contributed by atoms with van der Waals surface area (Å²) in [7, 11) is 0. The minimum absolute atomic E-state index is 0.147. The van der Waals surface area contributed by atoms with Gasteiger partial charge in [0, 0.05) is 12.2 Å². The molecule has 5 rings (SSSR count). The Morgan fingerprint density at radius 3 is 1.47 bits per heavy atom. The average molecular weight is 603 g/mol. The summed E-state index contributed by atoms with van der Waals surface area (Å²) in [6.45, 7) is 14.1. The fraction of sp³-hybridized carbons (Fsp3) is 0.179. The summed E-state index contributed by atoms with van der Waals surface area (Å²) in [6, 6.07) is 33.5. The molecule has 0 spiro atoms. The number of carbonyl (C=O) groups excluding carboxylic acids is 2. The zero-order valence-corrected chi connectivity index (χ0v) is 25.4. The number of rotatable bonds is 14. The molecule has 0 N–H and O–H groups in total. The molecule has 6 nitrogen and oxygen atoms in total. The largest absolute Gasteiger partial charge is 0.494 e.